The van der Waals surface area contributed by atoms with Gasteiger partial charge in [-0.1, -0.05) is 0 Å². The van der Waals surface area contributed by atoms with E-state index >= 15 is 0 Å². The number of aryl methyl sites for hydroxylation is 1. The molecule has 0 saturated carbocycles. The predicted octanol–water partition coefficient (Wildman–Crippen LogP) is 2.88. The molecule has 2 aromatic rings. The molecule has 5 nitrogen and oxygen atoms in total. The minimum absolute atomic E-state index is 0.403. The van der Waals surface area contributed by atoms with E-state index in [1.165, 1.54) is 0 Å². The number of hydrogen-bond donors (Lipinski definition) is 1. The van der Waals surface area contributed by atoms with Gasteiger partial charge >= 0.3 is 0 Å². The Morgan fingerprint density at radius 3 is 2.74 bits per heavy atom. The molecule has 0 aliphatic rings. The summed E-state index contributed by atoms with van der Waals surface area (Å²) < 4.78 is 8.88. The van der Waals surface area contributed by atoms with Gasteiger partial charge in [-0.05, 0) is 44.8 Å². The molecule has 2 N–H and O–H groups in total. The van der Waals surface area contributed by atoms with Gasteiger partial charge in [-0.25, -0.2) is 0 Å². The van der Waals surface area contributed by atoms with Crippen molar-refractivity contribution in [1.29, 1.82) is 0 Å². The third-order valence-electron chi connectivity index (χ3n) is 2.79. The van der Waals surface area contributed by atoms with Gasteiger partial charge in [0.15, 0.2) is 5.75 Å². The highest BCUT2D eigenvalue weighted by Crippen LogP contribution is 2.31. The molecule has 1 atom stereocenters. The number of halogens is 2. The van der Waals surface area contributed by atoms with Crippen LogP contribution in [0.1, 0.15) is 24.4 Å². The predicted molar refractivity (Wildman–Crippen MR) is 80.1 cm³/mol. The molecule has 0 spiro atoms. The SMILES string of the molecule is CCn1ncc(OC)c1C(N)c1ncc(Br)cc1Br. The van der Waals surface area contributed by atoms with Crippen LogP contribution in [-0.2, 0) is 6.54 Å². The first-order valence-corrected chi connectivity index (χ1v) is 7.33. The number of aromatic nitrogens is 3. The van der Waals surface area contributed by atoms with Crippen molar-refractivity contribution in [3.63, 3.8) is 0 Å². The number of pyridine rings is 1. The first kappa shape index (κ1) is 14.5. The summed E-state index contributed by atoms with van der Waals surface area (Å²) in [4.78, 5) is 4.37. The highest BCUT2D eigenvalue weighted by molar-refractivity contribution is 9.11. The second-order valence-electron chi connectivity index (χ2n) is 3.91. The highest BCUT2D eigenvalue weighted by atomic mass is 79.9. The van der Waals surface area contributed by atoms with Crippen LogP contribution in [0.15, 0.2) is 27.4 Å². The first-order chi connectivity index (χ1) is 9.08. The molecule has 0 fully saturated rings. The molecule has 0 aliphatic carbocycles. The van der Waals surface area contributed by atoms with Gasteiger partial charge in [0.2, 0.25) is 0 Å². The van der Waals surface area contributed by atoms with E-state index in [0.717, 1.165) is 26.9 Å². The number of rotatable bonds is 4. The van der Waals surface area contributed by atoms with Crippen molar-refractivity contribution >= 4 is 31.9 Å². The van der Waals surface area contributed by atoms with Crippen molar-refractivity contribution in [3.05, 3.63) is 38.8 Å². The maximum absolute atomic E-state index is 6.32. The average molecular weight is 390 g/mol. The molecule has 19 heavy (non-hydrogen) atoms. The van der Waals surface area contributed by atoms with E-state index < -0.39 is 6.04 Å². The Hall–Kier alpha value is -0.920. The lowest BCUT2D eigenvalue weighted by molar-refractivity contribution is 0.404. The number of hydrogen-bond acceptors (Lipinski definition) is 4. The van der Waals surface area contributed by atoms with E-state index in [0.29, 0.717) is 5.75 Å². The Balaban J connectivity index is 2.48. The Kier molecular flexibility index (Phi) is 4.59. The van der Waals surface area contributed by atoms with Gasteiger partial charge in [0.25, 0.3) is 0 Å². The van der Waals surface area contributed by atoms with E-state index in [9.17, 15) is 0 Å². The maximum Gasteiger partial charge on any atom is 0.161 e. The normalized spacial score (nSPS) is 12.5. The molecule has 102 valence electrons. The zero-order valence-corrected chi connectivity index (χ0v) is 13.8. The minimum atomic E-state index is -0.403. The molecule has 2 rings (SSSR count). The van der Waals surface area contributed by atoms with E-state index in [2.05, 4.69) is 41.9 Å². The Bertz CT molecular complexity index is 564. The first-order valence-electron chi connectivity index (χ1n) is 5.74. The summed E-state index contributed by atoms with van der Waals surface area (Å²) in [5, 5.41) is 4.26. The number of nitrogens with two attached hydrogens (primary N) is 1. The van der Waals surface area contributed by atoms with Crippen LogP contribution in [0.4, 0.5) is 0 Å². The van der Waals surface area contributed by atoms with Crippen molar-refractivity contribution in [2.24, 2.45) is 5.73 Å². The van der Waals surface area contributed by atoms with Crippen LogP contribution in [-0.4, -0.2) is 21.9 Å². The van der Waals surface area contributed by atoms with Gasteiger partial charge in [0.05, 0.1) is 25.0 Å². The number of nitrogens with zero attached hydrogens (tertiary/aromatic N) is 3. The van der Waals surface area contributed by atoms with Crippen LogP contribution < -0.4 is 10.5 Å². The number of ether oxygens (including phenoxy) is 1. The maximum atomic E-state index is 6.32. The average Bonchev–Trinajstić information content (AvgIpc) is 2.80. The van der Waals surface area contributed by atoms with Crippen molar-refractivity contribution in [3.8, 4) is 5.75 Å². The fourth-order valence-corrected chi connectivity index (χ4v) is 3.12. The number of methoxy groups -OCH3 is 1. The van der Waals surface area contributed by atoms with Crippen LogP contribution in [0.3, 0.4) is 0 Å². The van der Waals surface area contributed by atoms with Crippen LogP contribution in [0, 0.1) is 0 Å². The van der Waals surface area contributed by atoms with Gasteiger partial charge < -0.3 is 10.5 Å². The highest BCUT2D eigenvalue weighted by Gasteiger charge is 2.22. The summed E-state index contributed by atoms with van der Waals surface area (Å²) in [6, 6.07) is 1.52. The van der Waals surface area contributed by atoms with E-state index in [4.69, 9.17) is 10.5 Å². The molecule has 0 saturated heterocycles. The van der Waals surface area contributed by atoms with E-state index in [1.54, 1.807) is 19.5 Å². The van der Waals surface area contributed by atoms with Crippen molar-refractivity contribution in [1.82, 2.24) is 14.8 Å². The summed E-state index contributed by atoms with van der Waals surface area (Å²) >= 11 is 6.86. The molecule has 2 aromatic heterocycles. The summed E-state index contributed by atoms with van der Waals surface area (Å²) in [7, 11) is 1.61. The Morgan fingerprint density at radius 2 is 2.16 bits per heavy atom. The second-order valence-corrected chi connectivity index (χ2v) is 5.68. The fraction of sp³-hybridized carbons (Fsp3) is 0.333. The fourth-order valence-electron chi connectivity index (χ4n) is 1.88. The van der Waals surface area contributed by atoms with Crippen LogP contribution in [0.25, 0.3) is 0 Å². The van der Waals surface area contributed by atoms with Crippen molar-refractivity contribution < 1.29 is 4.74 Å². The molecular formula is C12H14Br2N4O. The van der Waals surface area contributed by atoms with Crippen LogP contribution >= 0.6 is 31.9 Å². The van der Waals surface area contributed by atoms with Gasteiger partial charge in [-0.3, -0.25) is 9.67 Å². The molecule has 0 bridgehead atoms. The van der Waals surface area contributed by atoms with Gasteiger partial charge in [-0.2, -0.15) is 5.10 Å². The summed E-state index contributed by atoms with van der Waals surface area (Å²) in [5.74, 6) is 0.672. The van der Waals surface area contributed by atoms with E-state index in [1.807, 2.05) is 17.7 Å². The van der Waals surface area contributed by atoms with Crippen molar-refractivity contribution in [2.75, 3.05) is 7.11 Å². The Labute approximate surface area is 128 Å². The smallest absolute Gasteiger partial charge is 0.161 e. The van der Waals surface area contributed by atoms with Gasteiger partial charge in [-0.15, -0.1) is 0 Å². The van der Waals surface area contributed by atoms with Gasteiger partial charge in [0, 0.05) is 21.7 Å². The van der Waals surface area contributed by atoms with Crippen molar-refractivity contribution in [2.45, 2.75) is 19.5 Å². The molecule has 0 aromatic carbocycles. The molecule has 1 unspecified atom stereocenters. The zero-order chi connectivity index (χ0) is 14.0. The quantitative estimate of drug-likeness (QED) is 0.872. The third kappa shape index (κ3) is 2.82. The Morgan fingerprint density at radius 1 is 1.42 bits per heavy atom. The van der Waals surface area contributed by atoms with Crippen LogP contribution in [0.2, 0.25) is 0 Å². The molecule has 0 radical (unpaired) electrons. The molecular weight excluding hydrogens is 376 g/mol. The second kappa shape index (κ2) is 6.02. The largest absolute Gasteiger partial charge is 0.493 e. The van der Waals surface area contributed by atoms with Crippen LogP contribution in [0.5, 0.6) is 5.75 Å². The summed E-state index contributed by atoms with van der Waals surface area (Å²) in [6.07, 6.45) is 3.39. The molecule has 0 aliphatic heterocycles. The summed E-state index contributed by atoms with van der Waals surface area (Å²) in [6.45, 7) is 2.73. The van der Waals surface area contributed by atoms with Gasteiger partial charge in [0.1, 0.15) is 5.69 Å². The summed E-state index contributed by atoms with van der Waals surface area (Å²) in [5.41, 5.74) is 7.88. The lowest BCUT2D eigenvalue weighted by Crippen LogP contribution is -2.19. The topological polar surface area (TPSA) is 66.0 Å². The third-order valence-corrected chi connectivity index (χ3v) is 3.86. The zero-order valence-electron chi connectivity index (χ0n) is 10.6. The van der Waals surface area contributed by atoms with E-state index in [-0.39, 0.29) is 0 Å². The molecule has 0 amide bonds. The monoisotopic (exact) mass is 388 g/mol. The molecule has 2 heterocycles. The lowest BCUT2D eigenvalue weighted by Gasteiger charge is -2.16. The minimum Gasteiger partial charge on any atom is -0.493 e. The molecule has 7 heteroatoms. The lowest BCUT2D eigenvalue weighted by atomic mass is 10.1. The standard InChI is InChI=1S/C12H14Br2N4O/c1-3-18-12(9(19-2)6-17-18)10(15)11-8(14)4-7(13)5-16-11/h4-6,10H,3,15H2,1-2H3.